The predicted octanol–water partition coefficient (Wildman–Crippen LogP) is 3.64. The Labute approximate surface area is 165 Å². The molecule has 1 N–H and O–H groups in total. The van der Waals surface area contributed by atoms with Crippen LogP contribution in [0.2, 0.25) is 5.02 Å². The van der Waals surface area contributed by atoms with Crippen molar-refractivity contribution in [3.05, 3.63) is 59.1 Å². The smallest absolute Gasteiger partial charge is 0.225 e. The second-order valence-corrected chi connectivity index (χ2v) is 7.25. The van der Waals surface area contributed by atoms with Crippen LogP contribution in [-0.2, 0) is 16.1 Å². The minimum Gasteiger partial charge on any atom is -0.378 e. The first kappa shape index (κ1) is 19.7. The molecule has 0 atom stereocenters. The van der Waals surface area contributed by atoms with Gasteiger partial charge in [-0.3, -0.25) is 4.79 Å². The maximum atomic E-state index is 12.2. The van der Waals surface area contributed by atoms with Gasteiger partial charge in [0.1, 0.15) is 0 Å². The molecule has 2 aromatic rings. The van der Waals surface area contributed by atoms with Crippen LogP contribution in [-0.4, -0.2) is 50.7 Å². The molecule has 1 saturated heterocycles. The van der Waals surface area contributed by atoms with E-state index in [4.69, 9.17) is 16.3 Å². The van der Waals surface area contributed by atoms with Crippen molar-refractivity contribution >= 4 is 28.9 Å². The standard InChI is InChI=1S/C21H26ClN3O2/c1-24(16-17-3-2-4-18(22)15-17)10-9-21(26)23-19-5-7-20(8-6-19)25-11-13-27-14-12-25/h2-8,15H,9-14,16H2,1H3,(H,23,26). The fraction of sp³-hybridized carbons (Fsp3) is 0.381. The second kappa shape index (κ2) is 9.74. The van der Waals surface area contributed by atoms with Crippen LogP contribution in [0.3, 0.4) is 0 Å². The van der Waals surface area contributed by atoms with E-state index in [0.717, 1.165) is 54.8 Å². The van der Waals surface area contributed by atoms with E-state index in [1.54, 1.807) is 0 Å². The van der Waals surface area contributed by atoms with Gasteiger partial charge >= 0.3 is 0 Å². The van der Waals surface area contributed by atoms with Gasteiger partial charge in [0, 0.05) is 49.0 Å². The molecular weight excluding hydrogens is 362 g/mol. The number of carbonyl (C=O) groups is 1. The molecule has 0 radical (unpaired) electrons. The first-order valence-corrected chi connectivity index (χ1v) is 9.63. The fourth-order valence-corrected chi connectivity index (χ4v) is 3.33. The van der Waals surface area contributed by atoms with Crippen molar-refractivity contribution in [3.63, 3.8) is 0 Å². The summed E-state index contributed by atoms with van der Waals surface area (Å²) in [6.45, 7) is 4.80. The highest BCUT2D eigenvalue weighted by atomic mass is 35.5. The van der Waals surface area contributed by atoms with E-state index >= 15 is 0 Å². The van der Waals surface area contributed by atoms with Crippen molar-refractivity contribution in [1.29, 1.82) is 0 Å². The molecular formula is C21H26ClN3O2. The summed E-state index contributed by atoms with van der Waals surface area (Å²) in [6.07, 6.45) is 0.447. The minimum atomic E-state index is 0.0204. The zero-order chi connectivity index (χ0) is 19.1. The zero-order valence-electron chi connectivity index (χ0n) is 15.7. The molecule has 0 bridgehead atoms. The van der Waals surface area contributed by atoms with Crippen LogP contribution in [0.4, 0.5) is 11.4 Å². The first-order chi connectivity index (χ1) is 13.1. The summed E-state index contributed by atoms with van der Waals surface area (Å²) >= 11 is 6.01. The number of amides is 1. The summed E-state index contributed by atoms with van der Waals surface area (Å²) in [5, 5.41) is 3.71. The van der Waals surface area contributed by atoms with Crippen LogP contribution in [0, 0.1) is 0 Å². The number of benzene rings is 2. The molecule has 0 aromatic heterocycles. The Balaban J connectivity index is 1.43. The Kier molecular flexibility index (Phi) is 7.10. The van der Waals surface area contributed by atoms with Gasteiger partial charge in [0.15, 0.2) is 0 Å². The van der Waals surface area contributed by atoms with Gasteiger partial charge in [0.2, 0.25) is 5.91 Å². The Morgan fingerprint density at radius 2 is 1.93 bits per heavy atom. The molecule has 0 aliphatic carbocycles. The van der Waals surface area contributed by atoms with Crippen molar-refractivity contribution in [2.75, 3.05) is 50.1 Å². The quantitative estimate of drug-likeness (QED) is 0.787. The van der Waals surface area contributed by atoms with Gasteiger partial charge in [0.05, 0.1) is 13.2 Å². The first-order valence-electron chi connectivity index (χ1n) is 9.26. The highest BCUT2D eigenvalue weighted by Gasteiger charge is 2.11. The summed E-state index contributed by atoms with van der Waals surface area (Å²) in [4.78, 5) is 16.6. The lowest BCUT2D eigenvalue weighted by atomic mass is 10.2. The molecule has 1 aliphatic rings. The Morgan fingerprint density at radius 3 is 2.63 bits per heavy atom. The highest BCUT2D eigenvalue weighted by molar-refractivity contribution is 6.30. The van der Waals surface area contributed by atoms with Gasteiger partial charge in [-0.25, -0.2) is 0 Å². The number of hydrogen-bond donors (Lipinski definition) is 1. The molecule has 0 saturated carbocycles. The fourth-order valence-electron chi connectivity index (χ4n) is 3.12. The van der Waals surface area contributed by atoms with Crippen LogP contribution >= 0.6 is 11.6 Å². The van der Waals surface area contributed by atoms with Crippen molar-refractivity contribution < 1.29 is 9.53 Å². The van der Waals surface area contributed by atoms with E-state index in [1.807, 2.05) is 55.6 Å². The van der Waals surface area contributed by atoms with Gasteiger partial charge in [-0.1, -0.05) is 23.7 Å². The summed E-state index contributed by atoms with van der Waals surface area (Å²) in [7, 11) is 2.01. The molecule has 3 rings (SSSR count). The number of carbonyl (C=O) groups excluding carboxylic acids is 1. The van der Waals surface area contributed by atoms with E-state index in [2.05, 4.69) is 15.1 Å². The van der Waals surface area contributed by atoms with Gasteiger partial charge < -0.3 is 19.9 Å². The lowest BCUT2D eigenvalue weighted by Crippen LogP contribution is -2.36. The van der Waals surface area contributed by atoms with Crippen LogP contribution in [0.15, 0.2) is 48.5 Å². The molecule has 1 aliphatic heterocycles. The third-order valence-corrected chi connectivity index (χ3v) is 4.82. The lowest BCUT2D eigenvalue weighted by Gasteiger charge is -2.28. The number of nitrogens with one attached hydrogen (secondary N) is 1. The van der Waals surface area contributed by atoms with Gasteiger partial charge in [-0.2, -0.15) is 0 Å². The van der Waals surface area contributed by atoms with Gasteiger partial charge in [-0.15, -0.1) is 0 Å². The van der Waals surface area contributed by atoms with E-state index in [1.165, 1.54) is 0 Å². The van der Waals surface area contributed by atoms with E-state index in [0.29, 0.717) is 13.0 Å². The minimum absolute atomic E-state index is 0.0204. The molecule has 5 nitrogen and oxygen atoms in total. The number of nitrogens with zero attached hydrogens (tertiary/aromatic N) is 2. The number of ether oxygens (including phenoxy) is 1. The molecule has 0 spiro atoms. The molecule has 0 unspecified atom stereocenters. The maximum Gasteiger partial charge on any atom is 0.225 e. The molecule has 1 amide bonds. The summed E-state index contributed by atoms with van der Waals surface area (Å²) in [5.74, 6) is 0.0204. The third-order valence-electron chi connectivity index (χ3n) is 4.59. The topological polar surface area (TPSA) is 44.8 Å². The number of rotatable bonds is 7. The highest BCUT2D eigenvalue weighted by Crippen LogP contribution is 2.19. The molecule has 2 aromatic carbocycles. The van der Waals surface area contributed by atoms with Crippen molar-refractivity contribution in [1.82, 2.24) is 4.90 Å². The molecule has 144 valence electrons. The molecule has 1 heterocycles. The third kappa shape index (κ3) is 6.24. The molecule has 1 fully saturated rings. The van der Waals surface area contributed by atoms with E-state index in [9.17, 15) is 4.79 Å². The van der Waals surface area contributed by atoms with E-state index in [-0.39, 0.29) is 5.91 Å². The lowest BCUT2D eigenvalue weighted by molar-refractivity contribution is -0.116. The van der Waals surface area contributed by atoms with Crippen molar-refractivity contribution in [3.8, 4) is 0 Å². The predicted molar refractivity (Wildman–Crippen MR) is 111 cm³/mol. The molecule has 6 heteroatoms. The van der Waals surface area contributed by atoms with Crippen LogP contribution in [0.5, 0.6) is 0 Å². The number of halogens is 1. The van der Waals surface area contributed by atoms with Gasteiger partial charge in [0.25, 0.3) is 0 Å². The molecule has 27 heavy (non-hydrogen) atoms. The number of anilines is 2. The van der Waals surface area contributed by atoms with Crippen LogP contribution in [0.25, 0.3) is 0 Å². The Bertz CT molecular complexity index is 745. The van der Waals surface area contributed by atoms with Crippen LogP contribution in [0.1, 0.15) is 12.0 Å². The van der Waals surface area contributed by atoms with E-state index < -0.39 is 0 Å². The Morgan fingerprint density at radius 1 is 1.19 bits per heavy atom. The maximum absolute atomic E-state index is 12.2. The summed E-state index contributed by atoms with van der Waals surface area (Å²) in [6, 6.07) is 15.8. The average molecular weight is 388 g/mol. The zero-order valence-corrected chi connectivity index (χ0v) is 16.4. The summed E-state index contributed by atoms with van der Waals surface area (Å²) < 4.78 is 5.38. The van der Waals surface area contributed by atoms with Gasteiger partial charge in [-0.05, 0) is 49.0 Å². The SMILES string of the molecule is CN(CCC(=O)Nc1ccc(N2CCOCC2)cc1)Cc1cccc(Cl)c1. The monoisotopic (exact) mass is 387 g/mol. The van der Waals surface area contributed by atoms with Crippen molar-refractivity contribution in [2.45, 2.75) is 13.0 Å². The largest absolute Gasteiger partial charge is 0.378 e. The van der Waals surface area contributed by atoms with Crippen molar-refractivity contribution in [2.24, 2.45) is 0 Å². The Hall–Kier alpha value is -2.08. The number of hydrogen-bond acceptors (Lipinski definition) is 4. The van der Waals surface area contributed by atoms with Crippen LogP contribution < -0.4 is 10.2 Å². The number of morpholine rings is 1. The summed E-state index contributed by atoms with van der Waals surface area (Å²) in [5.41, 5.74) is 3.14. The average Bonchev–Trinajstić information content (AvgIpc) is 2.68. The normalized spacial score (nSPS) is 14.4. The second-order valence-electron chi connectivity index (χ2n) is 6.81.